The summed E-state index contributed by atoms with van der Waals surface area (Å²) in [5.41, 5.74) is 0. The average Bonchev–Trinajstić information content (AvgIpc) is 3.11. The smallest absolute Gasteiger partial charge is 0.274 e. The summed E-state index contributed by atoms with van der Waals surface area (Å²) in [6.45, 7) is 4.32. The molecule has 0 aromatic carbocycles. The van der Waals surface area contributed by atoms with E-state index in [0.29, 0.717) is 24.8 Å². The van der Waals surface area contributed by atoms with Gasteiger partial charge in [0, 0.05) is 18.7 Å². The summed E-state index contributed by atoms with van der Waals surface area (Å²) in [5, 5.41) is 12.2. The topological polar surface area (TPSA) is 91.6 Å². The zero-order valence-corrected chi connectivity index (χ0v) is 13.3. The second kappa shape index (κ2) is 6.91. The highest BCUT2D eigenvalue weighted by Gasteiger charge is 2.25. The van der Waals surface area contributed by atoms with Crippen molar-refractivity contribution >= 4 is 10.0 Å². The zero-order chi connectivity index (χ0) is 15.5. The number of nitrogens with one attached hydrogen (secondary N) is 2. The molecule has 0 saturated heterocycles. The van der Waals surface area contributed by atoms with Crippen LogP contribution < -0.4 is 10.0 Å². The molecule has 21 heavy (non-hydrogen) atoms. The molecule has 6 nitrogen and oxygen atoms in total. The highest BCUT2D eigenvalue weighted by molar-refractivity contribution is 7.89. The Bertz CT molecular complexity index is 549. The van der Waals surface area contributed by atoms with Crippen LogP contribution in [-0.2, 0) is 16.6 Å². The Balaban J connectivity index is 2.00. The average molecular weight is 316 g/mol. The quantitative estimate of drug-likeness (QED) is 0.637. The van der Waals surface area contributed by atoms with Gasteiger partial charge in [-0.25, -0.2) is 13.1 Å². The van der Waals surface area contributed by atoms with E-state index in [2.05, 4.69) is 10.0 Å². The van der Waals surface area contributed by atoms with Gasteiger partial charge in [0.2, 0.25) is 5.09 Å². The number of rotatable bonds is 9. The first-order chi connectivity index (χ1) is 9.92. The molecule has 7 heteroatoms. The highest BCUT2D eigenvalue weighted by Crippen LogP contribution is 2.21. The molecule has 0 aliphatic heterocycles. The number of hydrogen-bond acceptors (Lipinski definition) is 5. The van der Waals surface area contributed by atoms with Crippen LogP contribution in [0.2, 0.25) is 0 Å². The minimum absolute atomic E-state index is 0.0555. The van der Waals surface area contributed by atoms with Gasteiger partial charge in [-0.2, -0.15) is 0 Å². The molecule has 1 saturated carbocycles. The molecule has 1 aromatic rings. The largest absolute Gasteiger partial charge is 0.447 e. The summed E-state index contributed by atoms with van der Waals surface area (Å²) in [6.07, 6.45) is 2.73. The monoisotopic (exact) mass is 316 g/mol. The summed E-state index contributed by atoms with van der Waals surface area (Å²) < 4.78 is 32.6. The molecule has 3 N–H and O–H groups in total. The van der Waals surface area contributed by atoms with Crippen LogP contribution in [0.1, 0.15) is 38.9 Å². The molecule has 0 bridgehead atoms. The minimum atomic E-state index is -3.68. The van der Waals surface area contributed by atoms with Crippen LogP contribution >= 0.6 is 0 Å². The zero-order valence-electron chi connectivity index (χ0n) is 12.5. The first kappa shape index (κ1) is 16.5. The van der Waals surface area contributed by atoms with Crippen molar-refractivity contribution in [3.05, 3.63) is 17.9 Å². The van der Waals surface area contributed by atoms with Gasteiger partial charge in [-0.3, -0.25) is 0 Å². The van der Waals surface area contributed by atoms with Crippen LogP contribution in [0.3, 0.4) is 0 Å². The van der Waals surface area contributed by atoms with Crippen LogP contribution in [0.5, 0.6) is 0 Å². The molecule has 2 rings (SSSR count). The first-order valence-corrected chi connectivity index (χ1v) is 8.86. The van der Waals surface area contributed by atoms with Gasteiger partial charge in [0.05, 0.1) is 6.54 Å². The van der Waals surface area contributed by atoms with Crippen molar-refractivity contribution in [2.45, 2.75) is 56.8 Å². The van der Waals surface area contributed by atoms with Crippen LogP contribution in [0.4, 0.5) is 0 Å². The fourth-order valence-corrected chi connectivity index (χ4v) is 3.42. The summed E-state index contributed by atoms with van der Waals surface area (Å²) in [6, 6.07) is 3.39. The Morgan fingerprint density at radius 2 is 2.10 bits per heavy atom. The van der Waals surface area contributed by atoms with Gasteiger partial charge in [-0.05, 0) is 37.3 Å². The summed E-state index contributed by atoms with van der Waals surface area (Å²) in [7, 11) is -3.68. The van der Waals surface area contributed by atoms with Crippen molar-refractivity contribution in [2.24, 2.45) is 5.92 Å². The van der Waals surface area contributed by atoms with E-state index < -0.39 is 10.0 Å². The SMILES string of the molecule is CC(C)C(CCO)NS(=O)(=O)c1ccc(CNC2CC2)o1. The molecule has 0 radical (unpaired) electrons. The lowest BCUT2D eigenvalue weighted by Crippen LogP contribution is -2.39. The highest BCUT2D eigenvalue weighted by atomic mass is 32.2. The molecule has 1 atom stereocenters. The standard InChI is InChI=1S/C14H24N2O4S/c1-10(2)13(7-8-17)16-21(18,19)14-6-5-12(20-14)9-15-11-3-4-11/h5-6,10-11,13,15-17H,3-4,7-9H2,1-2H3. The fourth-order valence-electron chi connectivity index (χ4n) is 2.05. The summed E-state index contributed by atoms with van der Waals surface area (Å²) in [5.74, 6) is 0.712. The molecule has 1 heterocycles. The first-order valence-electron chi connectivity index (χ1n) is 7.37. The molecule has 120 valence electrons. The number of aliphatic hydroxyl groups is 1. The molecule has 1 fully saturated rings. The van der Waals surface area contributed by atoms with Gasteiger partial charge >= 0.3 is 0 Å². The van der Waals surface area contributed by atoms with E-state index in [1.807, 2.05) is 13.8 Å². The van der Waals surface area contributed by atoms with E-state index in [1.165, 1.54) is 18.9 Å². The van der Waals surface area contributed by atoms with E-state index in [-0.39, 0.29) is 23.7 Å². The fraction of sp³-hybridized carbons (Fsp3) is 0.714. The predicted octanol–water partition coefficient (Wildman–Crippen LogP) is 1.22. The summed E-state index contributed by atoms with van der Waals surface area (Å²) >= 11 is 0. The van der Waals surface area contributed by atoms with E-state index in [0.717, 1.165) is 0 Å². The normalized spacial score (nSPS) is 17.3. The van der Waals surface area contributed by atoms with Crippen molar-refractivity contribution in [3.8, 4) is 0 Å². The molecule has 1 unspecified atom stereocenters. The van der Waals surface area contributed by atoms with Gasteiger partial charge < -0.3 is 14.8 Å². The van der Waals surface area contributed by atoms with E-state index in [9.17, 15) is 8.42 Å². The third-order valence-corrected chi connectivity index (χ3v) is 4.96. The second-order valence-electron chi connectivity index (χ2n) is 5.86. The van der Waals surface area contributed by atoms with Crippen LogP contribution in [0, 0.1) is 5.92 Å². The van der Waals surface area contributed by atoms with E-state index >= 15 is 0 Å². The maximum absolute atomic E-state index is 12.3. The van der Waals surface area contributed by atoms with Crippen molar-refractivity contribution in [2.75, 3.05) is 6.61 Å². The molecular formula is C14H24N2O4S. The van der Waals surface area contributed by atoms with E-state index in [1.54, 1.807) is 6.07 Å². The van der Waals surface area contributed by atoms with Crippen molar-refractivity contribution < 1.29 is 17.9 Å². The molecule has 0 amide bonds. The summed E-state index contributed by atoms with van der Waals surface area (Å²) in [4.78, 5) is 0. The lowest BCUT2D eigenvalue weighted by Gasteiger charge is -2.20. The lowest BCUT2D eigenvalue weighted by atomic mass is 10.0. The number of furan rings is 1. The molecule has 1 aliphatic rings. The number of sulfonamides is 1. The molecule has 1 aromatic heterocycles. The molecule has 0 spiro atoms. The van der Waals surface area contributed by atoms with E-state index in [4.69, 9.17) is 9.52 Å². The number of aliphatic hydroxyl groups excluding tert-OH is 1. The van der Waals surface area contributed by atoms with Crippen LogP contribution in [0.25, 0.3) is 0 Å². The van der Waals surface area contributed by atoms with Gasteiger partial charge in [0.1, 0.15) is 5.76 Å². The van der Waals surface area contributed by atoms with Gasteiger partial charge in [0.25, 0.3) is 10.0 Å². The van der Waals surface area contributed by atoms with Gasteiger partial charge in [-0.15, -0.1) is 0 Å². The Kier molecular flexibility index (Phi) is 5.43. The Labute approximate surface area is 126 Å². The maximum atomic E-state index is 12.3. The predicted molar refractivity (Wildman–Crippen MR) is 79.2 cm³/mol. The molecular weight excluding hydrogens is 292 g/mol. The van der Waals surface area contributed by atoms with Crippen LogP contribution in [0.15, 0.2) is 21.6 Å². The number of hydrogen-bond donors (Lipinski definition) is 3. The lowest BCUT2D eigenvalue weighted by molar-refractivity contribution is 0.255. The van der Waals surface area contributed by atoms with Crippen molar-refractivity contribution in [1.29, 1.82) is 0 Å². The maximum Gasteiger partial charge on any atom is 0.274 e. The van der Waals surface area contributed by atoms with Gasteiger partial charge in [-0.1, -0.05) is 13.8 Å². The second-order valence-corrected chi connectivity index (χ2v) is 7.50. The third-order valence-electron chi connectivity index (χ3n) is 3.60. The Morgan fingerprint density at radius 3 is 2.67 bits per heavy atom. The molecule has 1 aliphatic carbocycles. The Hall–Kier alpha value is -0.890. The minimum Gasteiger partial charge on any atom is -0.447 e. The van der Waals surface area contributed by atoms with Crippen molar-refractivity contribution in [1.82, 2.24) is 10.0 Å². The Morgan fingerprint density at radius 1 is 1.38 bits per heavy atom. The van der Waals surface area contributed by atoms with Crippen molar-refractivity contribution in [3.63, 3.8) is 0 Å². The van der Waals surface area contributed by atoms with Gasteiger partial charge in [0.15, 0.2) is 0 Å². The van der Waals surface area contributed by atoms with Crippen LogP contribution in [-0.4, -0.2) is 32.2 Å². The third kappa shape index (κ3) is 4.81.